The monoisotopic (exact) mass is 497 g/mol. The Balaban J connectivity index is 1.40. The van der Waals surface area contributed by atoms with Crippen LogP contribution in [0.4, 0.5) is 13.2 Å². The van der Waals surface area contributed by atoms with Crippen molar-refractivity contribution in [2.75, 3.05) is 26.2 Å². The number of hydrogen-bond acceptors (Lipinski definition) is 4. The lowest BCUT2D eigenvalue weighted by Gasteiger charge is -2.38. The van der Waals surface area contributed by atoms with Crippen molar-refractivity contribution < 1.29 is 27.5 Å². The second kappa shape index (κ2) is 11.3. The lowest BCUT2D eigenvalue weighted by atomic mass is 10.0. The molecule has 0 saturated carbocycles. The first-order valence-electron chi connectivity index (χ1n) is 11.6. The topological polar surface area (TPSA) is 61.9 Å². The van der Waals surface area contributed by atoms with Crippen LogP contribution in [0.2, 0.25) is 0 Å². The van der Waals surface area contributed by atoms with E-state index < -0.39 is 12.4 Å². The summed E-state index contributed by atoms with van der Waals surface area (Å²) >= 11 is 0. The van der Waals surface area contributed by atoms with Crippen LogP contribution in [-0.2, 0) is 11.3 Å². The Morgan fingerprint density at radius 3 is 2.00 bits per heavy atom. The van der Waals surface area contributed by atoms with Crippen LogP contribution in [0.5, 0.6) is 5.75 Å². The number of ether oxygens (including phenoxy) is 1. The normalized spacial score (nSPS) is 15.2. The zero-order chi connectivity index (χ0) is 25.5. The SMILES string of the molecule is O=C(NCc1ccccc1)C(c1ccccc1)N1CCN(C(=O)c2ccc(OC(F)(F)F)cc2)CC1. The summed E-state index contributed by atoms with van der Waals surface area (Å²) in [4.78, 5) is 29.8. The largest absolute Gasteiger partial charge is 0.573 e. The van der Waals surface area contributed by atoms with Crippen LogP contribution in [0, 0.1) is 0 Å². The van der Waals surface area contributed by atoms with E-state index in [4.69, 9.17) is 0 Å². The van der Waals surface area contributed by atoms with Crippen LogP contribution in [0.15, 0.2) is 84.9 Å². The van der Waals surface area contributed by atoms with Gasteiger partial charge < -0.3 is 15.0 Å². The van der Waals surface area contributed by atoms with Crippen molar-refractivity contribution in [1.82, 2.24) is 15.1 Å². The van der Waals surface area contributed by atoms with E-state index in [2.05, 4.69) is 10.1 Å². The fraction of sp³-hybridized carbons (Fsp3) is 0.259. The van der Waals surface area contributed by atoms with Crippen LogP contribution in [0.1, 0.15) is 27.5 Å². The Kier molecular flexibility index (Phi) is 7.90. The Bertz CT molecular complexity index is 1150. The number of piperazine rings is 1. The van der Waals surface area contributed by atoms with Gasteiger partial charge in [0, 0.05) is 38.3 Å². The van der Waals surface area contributed by atoms with E-state index in [1.165, 1.54) is 12.1 Å². The first kappa shape index (κ1) is 25.2. The molecule has 9 heteroatoms. The number of carbonyl (C=O) groups excluding carboxylic acids is 2. The Hall–Kier alpha value is -3.85. The Labute approximate surface area is 207 Å². The molecular weight excluding hydrogens is 471 g/mol. The van der Waals surface area contributed by atoms with Crippen LogP contribution < -0.4 is 10.1 Å². The minimum absolute atomic E-state index is 0.120. The van der Waals surface area contributed by atoms with Crippen LogP contribution in [0.25, 0.3) is 0 Å². The lowest BCUT2D eigenvalue weighted by Crippen LogP contribution is -2.52. The van der Waals surface area contributed by atoms with E-state index in [1.807, 2.05) is 65.6 Å². The molecule has 3 aromatic rings. The minimum atomic E-state index is -4.79. The van der Waals surface area contributed by atoms with Gasteiger partial charge in [-0.2, -0.15) is 0 Å². The predicted molar refractivity (Wildman–Crippen MR) is 128 cm³/mol. The predicted octanol–water partition coefficient (Wildman–Crippen LogP) is 4.40. The smallest absolute Gasteiger partial charge is 0.406 e. The summed E-state index contributed by atoms with van der Waals surface area (Å²) in [5.74, 6) is -0.779. The third-order valence-corrected chi connectivity index (χ3v) is 5.97. The summed E-state index contributed by atoms with van der Waals surface area (Å²) in [7, 11) is 0. The maximum Gasteiger partial charge on any atom is 0.573 e. The van der Waals surface area contributed by atoms with Gasteiger partial charge in [0.25, 0.3) is 5.91 Å². The molecule has 0 aliphatic carbocycles. The first-order valence-corrected chi connectivity index (χ1v) is 11.6. The second-order valence-corrected chi connectivity index (χ2v) is 8.42. The molecule has 1 aliphatic rings. The summed E-state index contributed by atoms with van der Waals surface area (Å²) < 4.78 is 41.0. The van der Waals surface area contributed by atoms with E-state index in [0.29, 0.717) is 32.7 Å². The zero-order valence-electron chi connectivity index (χ0n) is 19.4. The van der Waals surface area contributed by atoms with Crippen LogP contribution in [0.3, 0.4) is 0 Å². The van der Waals surface area contributed by atoms with Gasteiger partial charge >= 0.3 is 6.36 Å². The second-order valence-electron chi connectivity index (χ2n) is 8.42. The molecule has 3 aromatic carbocycles. The third-order valence-electron chi connectivity index (χ3n) is 5.97. The van der Waals surface area contributed by atoms with E-state index in [0.717, 1.165) is 23.3 Å². The molecular formula is C27H26F3N3O3. The van der Waals surface area contributed by atoms with Gasteiger partial charge in [0.15, 0.2) is 0 Å². The molecule has 0 radical (unpaired) electrons. The molecule has 4 rings (SSSR count). The molecule has 1 saturated heterocycles. The van der Waals surface area contributed by atoms with Gasteiger partial charge in [-0.05, 0) is 35.4 Å². The first-order chi connectivity index (χ1) is 17.3. The summed E-state index contributed by atoms with van der Waals surface area (Å²) in [5, 5.41) is 3.02. The van der Waals surface area contributed by atoms with Crippen molar-refractivity contribution in [3.8, 4) is 5.75 Å². The zero-order valence-corrected chi connectivity index (χ0v) is 19.4. The molecule has 0 bridgehead atoms. The number of rotatable bonds is 7. The fourth-order valence-electron chi connectivity index (χ4n) is 4.21. The molecule has 1 N–H and O–H groups in total. The molecule has 6 nitrogen and oxygen atoms in total. The van der Waals surface area contributed by atoms with Gasteiger partial charge in [0.2, 0.25) is 5.91 Å². The minimum Gasteiger partial charge on any atom is -0.406 e. The van der Waals surface area contributed by atoms with Crippen molar-refractivity contribution in [3.63, 3.8) is 0 Å². The quantitative estimate of drug-likeness (QED) is 0.526. The van der Waals surface area contributed by atoms with E-state index in [9.17, 15) is 22.8 Å². The number of halogens is 3. The van der Waals surface area contributed by atoms with Gasteiger partial charge in [-0.15, -0.1) is 13.2 Å². The van der Waals surface area contributed by atoms with Crippen molar-refractivity contribution in [3.05, 3.63) is 102 Å². The summed E-state index contributed by atoms with van der Waals surface area (Å²) in [6.45, 7) is 2.12. The highest BCUT2D eigenvalue weighted by Gasteiger charge is 2.33. The number of nitrogens with one attached hydrogen (secondary N) is 1. The van der Waals surface area contributed by atoms with Gasteiger partial charge in [0.1, 0.15) is 11.8 Å². The number of carbonyl (C=O) groups is 2. The van der Waals surface area contributed by atoms with Crippen LogP contribution in [-0.4, -0.2) is 54.2 Å². The highest BCUT2D eigenvalue weighted by molar-refractivity contribution is 5.94. The molecule has 2 amide bonds. The summed E-state index contributed by atoms with van der Waals surface area (Å²) in [6, 6.07) is 23.5. The van der Waals surface area contributed by atoms with Crippen molar-refractivity contribution in [1.29, 1.82) is 0 Å². The highest BCUT2D eigenvalue weighted by Crippen LogP contribution is 2.25. The molecule has 1 aliphatic heterocycles. The maximum atomic E-state index is 13.3. The lowest BCUT2D eigenvalue weighted by molar-refractivity contribution is -0.274. The Morgan fingerprint density at radius 1 is 0.833 bits per heavy atom. The van der Waals surface area contributed by atoms with Crippen molar-refractivity contribution in [2.24, 2.45) is 0 Å². The molecule has 1 atom stereocenters. The molecule has 1 fully saturated rings. The van der Waals surface area contributed by atoms with Gasteiger partial charge in [0.05, 0.1) is 0 Å². The summed E-state index contributed by atoms with van der Waals surface area (Å²) in [6.07, 6.45) is -4.79. The number of benzene rings is 3. The average molecular weight is 498 g/mol. The number of nitrogens with zero attached hydrogens (tertiary/aromatic N) is 2. The maximum absolute atomic E-state index is 13.3. The molecule has 36 heavy (non-hydrogen) atoms. The van der Waals surface area contributed by atoms with Gasteiger partial charge in [-0.1, -0.05) is 60.7 Å². The number of hydrogen-bond donors (Lipinski definition) is 1. The van der Waals surface area contributed by atoms with Gasteiger partial charge in [-0.25, -0.2) is 0 Å². The highest BCUT2D eigenvalue weighted by atomic mass is 19.4. The summed E-state index contributed by atoms with van der Waals surface area (Å²) in [5.41, 5.74) is 2.14. The average Bonchev–Trinajstić information content (AvgIpc) is 2.88. The van der Waals surface area contributed by atoms with Crippen LogP contribution >= 0.6 is 0 Å². The number of alkyl halides is 3. The molecule has 1 heterocycles. The van der Waals surface area contributed by atoms with E-state index in [-0.39, 0.29) is 23.1 Å². The van der Waals surface area contributed by atoms with Crippen molar-refractivity contribution >= 4 is 11.8 Å². The third kappa shape index (κ3) is 6.63. The fourth-order valence-corrected chi connectivity index (χ4v) is 4.21. The Morgan fingerprint density at radius 2 is 1.42 bits per heavy atom. The molecule has 188 valence electrons. The molecule has 0 aromatic heterocycles. The van der Waals surface area contributed by atoms with E-state index >= 15 is 0 Å². The number of amides is 2. The molecule has 1 unspecified atom stereocenters. The standard InChI is InChI=1S/C27H26F3N3O3/c28-27(29,30)36-23-13-11-22(12-14-23)26(35)33-17-15-32(16-18-33)24(21-9-5-2-6-10-21)25(34)31-19-20-7-3-1-4-8-20/h1-14,24H,15-19H2,(H,31,34). The molecule has 0 spiro atoms. The van der Waals surface area contributed by atoms with E-state index in [1.54, 1.807) is 4.90 Å². The van der Waals surface area contributed by atoms with Gasteiger partial charge in [-0.3, -0.25) is 14.5 Å². The van der Waals surface area contributed by atoms with Crippen molar-refractivity contribution in [2.45, 2.75) is 18.9 Å².